The van der Waals surface area contributed by atoms with Crippen molar-refractivity contribution in [2.75, 3.05) is 11.1 Å². The van der Waals surface area contributed by atoms with Crippen LogP contribution in [0.4, 0.5) is 10.1 Å². The molecule has 1 heterocycles. The average Bonchev–Trinajstić information content (AvgIpc) is 3.16. The van der Waals surface area contributed by atoms with E-state index in [0.29, 0.717) is 12.3 Å². The molecule has 32 heavy (non-hydrogen) atoms. The van der Waals surface area contributed by atoms with E-state index in [0.717, 1.165) is 33.5 Å². The van der Waals surface area contributed by atoms with Gasteiger partial charge >= 0.3 is 0 Å². The zero-order valence-electron chi connectivity index (χ0n) is 18.2. The van der Waals surface area contributed by atoms with Gasteiger partial charge in [0.1, 0.15) is 5.82 Å². The maximum atomic E-state index is 13.2. The third-order valence-electron chi connectivity index (χ3n) is 5.43. The minimum absolute atomic E-state index is 0.0216. The number of amides is 1. The summed E-state index contributed by atoms with van der Waals surface area (Å²) in [5.74, 6) is 0.0814. The van der Waals surface area contributed by atoms with Crippen LogP contribution in [0.5, 0.6) is 0 Å². The minimum Gasteiger partial charge on any atom is -0.342 e. The highest BCUT2D eigenvalue weighted by Gasteiger charge is 2.11. The standard InChI is InChI=1S/C27H27FN2OS/c1-2-3-6-20-11-15-23(16-12-20)29-27(31)19-32-26-18-30(25-8-5-4-7-24(25)26)17-21-9-13-22(28)14-10-21/h4-5,7-16,18H,2-3,6,17,19H2,1H3,(H,29,31). The van der Waals surface area contributed by atoms with Crippen LogP contribution in [0.1, 0.15) is 30.9 Å². The van der Waals surface area contributed by atoms with E-state index in [4.69, 9.17) is 0 Å². The normalized spacial score (nSPS) is 11.1. The fourth-order valence-corrected chi connectivity index (χ4v) is 4.61. The second-order valence-electron chi connectivity index (χ2n) is 7.90. The van der Waals surface area contributed by atoms with Gasteiger partial charge in [-0.25, -0.2) is 4.39 Å². The first kappa shape index (κ1) is 22.2. The number of rotatable bonds is 9. The van der Waals surface area contributed by atoms with Crippen LogP contribution in [0, 0.1) is 5.82 Å². The largest absolute Gasteiger partial charge is 0.342 e. The van der Waals surface area contributed by atoms with Crippen molar-refractivity contribution in [2.24, 2.45) is 0 Å². The Labute approximate surface area is 192 Å². The van der Waals surface area contributed by atoms with Gasteiger partial charge in [0.25, 0.3) is 0 Å². The van der Waals surface area contributed by atoms with Gasteiger partial charge in [-0.2, -0.15) is 0 Å². The summed E-state index contributed by atoms with van der Waals surface area (Å²) in [7, 11) is 0. The molecule has 164 valence electrons. The summed E-state index contributed by atoms with van der Waals surface area (Å²) < 4.78 is 15.4. The van der Waals surface area contributed by atoms with Crippen LogP contribution in [-0.2, 0) is 17.8 Å². The number of carbonyl (C=O) groups is 1. The van der Waals surface area contributed by atoms with Gasteiger partial charge in [0.15, 0.2) is 0 Å². The number of anilines is 1. The number of unbranched alkanes of at least 4 members (excludes halogenated alkanes) is 1. The van der Waals surface area contributed by atoms with Crippen molar-refractivity contribution in [2.45, 2.75) is 37.6 Å². The number of hydrogen-bond donors (Lipinski definition) is 1. The van der Waals surface area contributed by atoms with Gasteiger partial charge in [0.2, 0.25) is 5.91 Å². The number of halogens is 1. The molecule has 0 saturated carbocycles. The van der Waals surface area contributed by atoms with Gasteiger partial charge in [0, 0.05) is 34.2 Å². The monoisotopic (exact) mass is 446 g/mol. The Balaban J connectivity index is 1.41. The van der Waals surface area contributed by atoms with Crippen LogP contribution >= 0.6 is 11.8 Å². The molecule has 0 fully saturated rings. The van der Waals surface area contributed by atoms with Crippen molar-refractivity contribution in [3.05, 3.63) is 95.9 Å². The lowest BCUT2D eigenvalue weighted by Crippen LogP contribution is -2.13. The highest BCUT2D eigenvalue weighted by atomic mass is 32.2. The molecule has 1 N–H and O–H groups in total. The smallest absolute Gasteiger partial charge is 0.234 e. The summed E-state index contributed by atoms with van der Waals surface area (Å²) in [6.07, 6.45) is 5.50. The van der Waals surface area contributed by atoms with Crippen molar-refractivity contribution in [3.8, 4) is 0 Å². The van der Waals surface area contributed by atoms with Crippen molar-refractivity contribution in [1.29, 1.82) is 0 Å². The van der Waals surface area contributed by atoms with Crippen LogP contribution in [0.3, 0.4) is 0 Å². The van der Waals surface area contributed by atoms with E-state index in [2.05, 4.69) is 47.3 Å². The molecular formula is C27H27FN2OS. The second kappa shape index (κ2) is 10.5. The Kier molecular flexibility index (Phi) is 7.28. The second-order valence-corrected chi connectivity index (χ2v) is 8.92. The number of thioether (sulfide) groups is 1. The van der Waals surface area contributed by atoms with Gasteiger partial charge in [-0.15, -0.1) is 11.8 Å². The quantitative estimate of drug-likeness (QED) is 0.284. The number of aryl methyl sites for hydroxylation is 1. The number of fused-ring (bicyclic) bond motifs is 1. The van der Waals surface area contributed by atoms with Crippen molar-refractivity contribution in [1.82, 2.24) is 4.57 Å². The molecule has 4 rings (SSSR count). The van der Waals surface area contributed by atoms with E-state index >= 15 is 0 Å². The third kappa shape index (κ3) is 5.60. The van der Waals surface area contributed by atoms with Gasteiger partial charge in [-0.05, 0) is 54.3 Å². The van der Waals surface area contributed by atoms with E-state index in [1.807, 2.05) is 24.3 Å². The fraction of sp³-hybridized carbons (Fsp3) is 0.222. The van der Waals surface area contributed by atoms with Crippen molar-refractivity contribution in [3.63, 3.8) is 0 Å². The molecule has 3 nitrogen and oxygen atoms in total. The molecule has 0 aliphatic rings. The number of para-hydroxylation sites is 1. The zero-order chi connectivity index (χ0) is 22.3. The van der Waals surface area contributed by atoms with Gasteiger partial charge in [0.05, 0.1) is 5.75 Å². The lowest BCUT2D eigenvalue weighted by atomic mass is 10.1. The molecule has 0 atom stereocenters. The summed E-state index contributed by atoms with van der Waals surface area (Å²) in [6.45, 7) is 2.84. The van der Waals surface area contributed by atoms with Gasteiger partial charge in [-0.1, -0.05) is 55.8 Å². The Hall–Kier alpha value is -3.05. The van der Waals surface area contributed by atoms with Crippen molar-refractivity contribution < 1.29 is 9.18 Å². The number of nitrogens with one attached hydrogen (secondary N) is 1. The van der Waals surface area contributed by atoms with Crippen molar-refractivity contribution >= 4 is 34.3 Å². The molecule has 0 spiro atoms. The summed E-state index contributed by atoms with van der Waals surface area (Å²) in [5, 5.41) is 4.11. The SMILES string of the molecule is CCCCc1ccc(NC(=O)CSc2cn(Cc3ccc(F)cc3)c3ccccc23)cc1. The molecule has 0 saturated heterocycles. The first-order valence-corrected chi connectivity index (χ1v) is 11.9. The number of hydrogen-bond acceptors (Lipinski definition) is 2. The highest BCUT2D eigenvalue weighted by molar-refractivity contribution is 8.00. The number of aromatic nitrogens is 1. The summed E-state index contributed by atoms with van der Waals surface area (Å²) >= 11 is 1.53. The van der Waals surface area contributed by atoms with Gasteiger partial charge in [-0.3, -0.25) is 4.79 Å². The average molecular weight is 447 g/mol. The van der Waals surface area contributed by atoms with E-state index in [1.54, 1.807) is 12.1 Å². The lowest BCUT2D eigenvalue weighted by Gasteiger charge is -2.06. The van der Waals surface area contributed by atoms with Crippen LogP contribution in [0.25, 0.3) is 10.9 Å². The van der Waals surface area contributed by atoms with Gasteiger partial charge < -0.3 is 9.88 Å². The van der Waals surface area contributed by atoms with E-state index < -0.39 is 0 Å². The lowest BCUT2D eigenvalue weighted by molar-refractivity contribution is -0.113. The van der Waals surface area contributed by atoms with Crippen LogP contribution in [0.2, 0.25) is 0 Å². The molecule has 0 aliphatic heterocycles. The topological polar surface area (TPSA) is 34.0 Å². The predicted molar refractivity (Wildman–Crippen MR) is 132 cm³/mol. The Morgan fingerprint density at radius 2 is 1.69 bits per heavy atom. The molecule has 1 aromatic heterocycles. The zero-order valence-corrected chi connectivity index (χ0v) is 19.0. The molecule has 0 bridgehead atoms. The highest BCUT2D eigenvalue weighted by Crippen LogP contribution is 2.30. The van der Waals surface area contributed by atoms with E-state index in [-0.39, 0.29) is 11.7 Å². The Morgan fingerprint density at radius 1 is 0.969 bits per heavy atom. The first-order chi connectivity index (χ1) is 15.6. The predicted octanol–water partition coefficient (Wildman–Crippen LogP) is 6.90. The summed E-state index contributed by atoms with van der Waals surface area (Å²) in [4.78, 5) is 13.6. The summed E-state index contributed by atoms with van der Waals surface area (Å²) in [6, 6.07) is 22.9. The molecule has 3 aromatic carbocycles. The third-order valence-corrected chi connectivity index (χ3v) is 6.48. The Bertz CT molecular complexity index is 1180. The molecule has 1 amide bonds. The number of nitrogens with zero attached hydrogens (tertiary/aromatic N) is 1. The van der Waals surface area contributed by atoms with Crippen LogP contribution < -0.4 is 5.32 Å². The number of benzene rings is 3. The molecule has 5 heteroatoms. The Morgan fingerprint density at radius 3 is 2.44 bits per heavy atom. The summed E-state index contributed by atoms with van der Waals surface area (Å²) in [5.41, 5.74) is 4.26. The fourth-order valence-electron chi connectivity index (χ4n) is 3.72. The molecular weight excluding hydrogens is 419 g/mol. The van der Waals surface area contributed by atoms with E-state index in [9.17, 15) is 9.18 Å². The minimum atomic E-state index is -0.232. The maximum Gasteiger partial charge on any atom is 0.234 e. The molecule has 0 unspecified atom stereocenters. The number of carbonyl (C=O) groups excluding carboxylic acids is 1. The first-order valence-electron chi connectivity index (χ1n) is 11.0. The molecule has 4 aromatic rings. The van der Waals surface area contributed by atoms with Crippen LogP contribution in [0.15, 0.2) is 83.9 Å². The maximum absolute atomic E-state index is 13.2. The molecule has 0 radical (unpaired) electrons. The van der Waals surface area contributed by atoms with E-state index in [1.165, 1.54) is 42.3 Å². The van der Waals surface area contributed by atoms with Crippen LogP contribution in [-0.4, -0.2) is 16.2 Å². The molecule has 0 aliphatic carbocycles.